The lowest BCUT2D eigenvalue weighted by atomic mass is 9.96. The standard InChI is InChI=1S/C23H25N5O3/c1-3-4-14-30-22(29)20-16(2)24-23-25-26-27-28(23)21(20)18-10-12-19(13-11-18)31-15-17-8-6-5-7-9-17/h5-13,21H,3-4,14-15H2,1-2H3,(H,24,25,27). The maximum Gasteiger partial charge on any atom is 0.338 e. The van der Waals surface area contributed by atoms with E-state index in [-0.39, 0.29) is 5.97 Å². The number of ether oxygens (including phenoxy) is 2. The number of unbranched alkanes of at least 4 members (excludes halogenated alkanes) is 1. The smallest absolute Gasteiger partial charge is 0.338 e. The molecule has 0 amide bonds. The van der Waals surface area contributed by atoms with E-state index in [4.69, 9.17) is 9.47 Å². The van der Waals surface area contributed by atoms with E-state index in [9.17, 15) is 4.79 Å². The zero-order chi connectivity index (χ0) is 21.6. The molecule has 0 aliphatic carbocycles. The van der Waals surface area contributed by atoms with Crippen molar-refractivity contribution >= 4 is 11.9 Å². The fourth-order valence-electron chi connectivity index (χ4n) is 3.46. The number of anilines is 1. The minimum atomic E-state index is -0.483. The van der Waals surface area contributed by atoms with Crippen molar-refractivity contribution < 1.29 is 14.3 Å². The summed E-state index contributed by atoms with van der Waals surface area (Å²) in [6, 6.07) is 17.1. The van der Waals surface area contributed by atoms with Gasteiger partial charge in [-0.1, -0.05) is 60.9 Å². The Morgan fingerprint density at radius 2 is 1.90 bits per heavy atom. The molecule has 1 unspecified atom stereocenters. The molecule has 3 aromatic rings. The summed E-state index contributed by atoms with van der Waals surface area (Å²) in [7, 11) is 0. The first-order chi connectivity index (χ1) is 15.2. The number of carbonyl (C=O) groups excluding carboxylic acids is 1. The normalized spacial score (nSPS) is 15.2. The molecule has 31 heavy (non-hydrogen) atoms. The van der Waals surface area contributed by atoms with Gasteiger partial charge >= 0.3 is 5.97 Å². The first kappa shape index (κ1) is 20.6. The van der Waals surface area contributed by atoms with E-state index in [2.05, 4.69) is 27.8 Å². The van der Waals surface area contributed by atoms with Crippen molar-refractivity contribution in [3.63, 3.8) is 0 Å². The van der Waals surface area contributed by atoms with Gasteiger partial charge in [-0.05, 0) is 47.0 Å². The predicted molar refractivity (Wildman–Crippen MR) is 115 cm³/mol. The van der Waals surface area contributed by atoms with Gasteiger partial charge < -0.3 is 14.8 Å². The molecule has 0 bridgehead atoms. The van der Waals surface area contributed by atoms with Crippen LogP contribution >= 0.6 is 0 Å². The van der Waals surface area contributed by atoms with Crippen molar-refractivity contribution in [2.45, 2.75) is 39.3 Å². The van der Waals surface area contributed by atoms with Gasteiger partial charge in [-0.15, -0.1) is 0 Å². The van der Waals surface area contributed by atoms with Gasteiger partial charge in [0.05, 0.1) is 12.2 Å². The Kier molecular flexibility index (Phi) is 6.26. The van der Waals surface area contributed by atoms with Crippen LogP contribution in [0, 0.1) is 0 Å². The molecular weight excluding hydrogens is 394 g/mol. The van der Waals surface area contributed by atoms with Crippen molar-refractivity contribution in [2.24, 2.45) is 0 Å². The maximum atomic E-state index is 12.9. The summed E-state index contributed by atoms with van der Waals surface area (Å²) < 4.78 is 13.0. The number of nitrogens with zero attached hydrogens (tertiary/aromatic N) is 4. The average molecular weight is 419 g/mol. The van der Waals surface area contributed by atoms with Crippen LogP contribution in [0.3, 0.4) is 0 Å². The Labute approximate surface area is 180 Å². The van der Waals surface area contributed by atoms with Crippen molar-refractivity contribution in [3.05, 3.63) is 77.0 Å². The molecule has 4 rings (SSSR count). The van der Waals surface area contributed by atoms with Crippen LogP contribution in [0.15, 0.2) is 65.9 Å². The second-order valence-electron chi connectivity index (χ2n) is 7.35. The highest BCUT2D eigenvalue weighted by molar-refractivity contribution is 5.92. The third kappa shape index (κ3) is 4.58. The number of fused-ring (bicyclic) bond motifs is 1. The van der Waals surface area contributed by atoms with Gasteiger partial charge in [0, 0.05) is 5.70 Å². The van der Waals surface area contributed by atoms with E-state index in [1.54, 1.807) is 4.68 Å². The molecule has 8 heteroatoms. The minimum Gasteiger partial charge on any atom is -0.489 e. The number of tetrazole rings is 1. The highest BCUT2D eigenvalue weighted by atomic mass is 16.5. The summed E-state index contributed by atoms with van der Waals surface area (Å²) in [6.07, 6.45) is 1.77. The fourth-order valence-corrected chi connectivity index (χ4v) is 3.46. The first-order valence-electron chi connectivity index (χ1n) is 10.4. The minimum absolute atomic E-state index is 0.367. The summed E-state index contributed by atoms with van der Waals surface area (Å²) in [5, 5.41) is 15.0. The van der Waals surface area contributed by atoms with Crippen LogP contribution in [0.2, 0.25) is 0 Å². The van der Waals surface area contributed by atoms with Gasteiger partial charge in [-0.3, -0.25) is 0 Å². The summed E-state index contributed by atoms with van der Waals surface area (Å²) in [5.74, 6) is 0.859. The van der Waals surface area contributed by atoms with Crippen LogP contribution < -0.4 is 10.1 Å². The molecule has 160 valence electrons. The number of benzene rings is 2. The fraction of sp³-hybridized carbons (Fsp3) is 0.304. The molecule has 0 saturated heterocycles. The zero-order valence-electron chi connectivity index (χ0n) is 17.6. The van der Waals surface area contributed by atoms with E-state index in [1.807, 2.05) is 61.5 Å². The number of aromatic nitrogens is 4. The molecule has 1 aromatic heterocycles. The SMILES string of the molecule is CCCCOC(=O)C1=C(C)Nc2nnnn2C1c1ccc(OCc2ccccc2)cc1. The van der Waals surface area contributed by atoms with Crippen LogP contribution in [0.5, 0.6) is 5.75 Å². The number of rotatable bonds is 8. The predicted octanol–water partition coefficient (Wildman–Crippen LogP) is 3.88. The van der Waals surface area contributed by atoms with Crippen molar-refractivity contribution in [3.8, 4) is 5.75 Å². The lowest BCUT2D eigenvalue weighted by Crippen LogP contribution is -2.29. The highest BCUT2D eigenvalue weighted by Gasteiger charge is 2.34. The van der Waals surface area contributed by atoms with E-state index >= 15 is 0 Å². The first-order valence-corrected chi connectivity index (χ1v) is 10.4. The second kappa shape index (κ2) is 9.42. The Morgan fingerprint density at radius 3 is 2.65 bits per heavy atom. The van der Waals surface area contributed by atoms with Crippen molar-refractivity contribution in [2.75, 3.05) is 11.9 Å². The molecule has 2 aromatic carbocycles. The molecule has 8 nitrogen and oxygen atoms in total. The number of esters is 1. The third-order valence-corrected chi connectivity index (χ3v) is 5.11. The van der Waals surface area contributed by atoms with Crippen molar-refractivity contribution in [1.29, 1.82) is 0 Å². The van der Waals surface area contributed by atoms with Crippen molar-refractivity contribution in [1.82, 2.24) is 20.2 Å². The van der Waals surface area contributed by atoms with E-state index in [1.165, 1.54) is 0 Å². The van der Waals surface area contributed by atoms with E-state index < -0.39 is 6.04 Å². The second-order valence-corrected chi connectivity index (χ2v) is 7.35. The topological polar surface area (TPSA) is 91.2 Å². The molecule has 0 saturated carbocycles. The average Bonchev–Trinajstić information content (AvgIpc) is 3.26. The highest BCUT2D eigenvalue weighted by Crippen LogP contribution is 2.35. The number of nitrogens with one attached hydrogen (secondary N) is 1. The molecule has 1 aliphatic rings. The van der Waals surface area contributed by atoms with E-state index in [0.29, 0.717) is 30.4 Å². The Balaban J connectivity index is 1.57. The lowest BCUT2D eigenvalue weighted by Gasteiger charge is -2.27. The largest absolute Gasteiger partial charge is 0.489 e. The maximum absolute atomic E-state index is 12.9. The molecule has 1 aliphatic heterocycles. The van der Waals surface area contributed by atoms with Crippen LogP contribution in [-0.2, 0) is 16.1 Å². The quantitative estimate of drug-likeness (QED) is 0.437. The zero-order valence-corrected chi connectivity index (χ0v) is 17.6. The van der Waals surface area contributed by atoms with Gasteiger partial charge in [-0.25, -0.2) is 4.79 Å². The number of hydrogen-bond acceptors (Lipinski definition) is 7. The number of allylic oxidation sites excluding steroid dienone is 1. The third-order valence-electron chi connectivity index (χ3n) is 5.11. The number of carbonyl (C=O) groups is 1. The van der Waals surface area contributed by atoms with Gasteiger partial charge in [0.1, 0.15) is 18.4 Å². The lowest BCUT2D eigenvalue weighted by molar-refractivity contribution is -0.139. The summed E-state index contributed by atoms with van der Waals surface area (Å²) in [4.78, 5) is 12.9. The monoisotopic (exact) mass is 419 g/mol. The number of hydrogen-bond donors (Lipinski definition) is 1. The molecule has 2 heterocycles. The van der Waals surface area contributed by atoms with Gasteiger partial charge in [-0.2, -0.15) is 4.68 Å². The summed E-state index contributed by atoms with van der Waals surface area (Å²) in [5.41, 5.74) is 3.13. The van der Waals surface area contributed by atoms with Crippen LogP contribution in [0.4, 0.5) is 5.95 Å². The molecule has 0 spiro atoms. The van der Waals surface area contributed by atoms with E-state index in [0.717, 1.165) is 29.7 Å². The van der Waals surface area contributed by atoms with Crippen LogP contribution in [0.25, 0.3) is 0 Å². The molecule has 0 radical (unpaired) electrons. The Morgan fingerprint density at radius 1 is 1.13 bits per heavy atom. The van der Waals surface area contributed by atoms with Crippen LogP contribution in [0.1, 0.15) is 43.9 Å². The molecule has 0 fully saturated rings. The molecule has 1 N–H and O–H groups in total. The summed E-state index contributed by atoms with van der Waals surface area (Å²) in [6.45, 7) is 4.75. The van der Waals surface area contributed by atoms with Gasteiger partial charge in [0.25, 0.3) is 0 Å². The Hall–Kier alpha value is -3.68. The van der Waals surface area contributed by atoms with Gasteiger partial charge in [0.15, 0.2) is 0 Å². The van der Waals surface area contributed by atoms with Crippen LogP contribution in [-0.4, -0.2) is 32.8 Å². The molecule has 1 atom stereocenters. The van der Waals surface area contributed by atoms with Gasteiger partial charge in [0.2, 0.25) is 5.95 Å². The molecular formula is C23H25N5O3. The summed E-state index contributed by atoms with van der Waals surface area (Å²) >= 11 is 0. The Bertz CT molecular complexity index is 1060.